The molecule has 0 spiro atoms. The number of benzene rings is 1. The molecule has 0 radical (unpaired) electrons. The summed E-state index contributed by atoms with van der Waals surface area (Å²) in [5.41, 5.74) is -0.171. The van der Waals surface area contributed by atoms with E-state index < -0.39 is 11.5 Å². The Morgan fingerprint density at radius 1 is 1.29 bits per heavy atom. The standard InChI is InChI=1S/C25H18ClFN7O/c1-3-19(35)33-8-7-25(28-2)18(33)12-34(25)24-16-11-30-22(21(27)23(16)31-13-32-24)15-10-29-9-14-5-4-6-17(26)20(14)15/h2-6,9-11,13,18H,1,7-8,12H2/q+1/t18-,25-/m1/s1. The number of nitrogens with zero attached hydrogens (tertiary/aromatic N) is 7. The molecule has 1 aromatic carbocycles. The van der Waals surface area contributed by atoms with E-state index in [-0.39, 0.29) is 23.2 Å². The van der Waals surface area contributed by atoms with Gasteiger partial charge in [0, 0.05) is 46.5 Å². The molecule has 0 aliphatic carbocycles. The topological polar surface area (TPSA) is 79.5 Å². The molecule has 0 bridgehead atoms. The van der Waals surface area contributed by atoms with Crippen molar-refractivity contribution >= 4 is 45.0 Å². The minimum Gasteiger partial charge on any atom is -0.324 e. The summed E-state index contributed by atoms with van der Waals surface area (Å²) in [6.45, 7) is 10.4. The van der Waals surface area contributed by atoms with Gasteiger partial charge in [0.15, 0.2) is 11.9 Å². The third-order valence-electron chi connectivity index (χ3n) is 6.98. The molecule has 5 heterocycles. The van der Waals surface area contributed by atoms with E-state index in [1.54, 1.807) is 23.4 Å². The molecule has 2 fully saturated rings. The van der Waals surface area contributed by atoms with Crippen molar-refractivity contribution < 1.29 is 9.18 Å². The Labute approximate surface area is 204 Å². The van der Waals surface area contributed by atoms with Gasteiger partial charge >= 0.3 is 5.66 Å². The summed E-state index contributed by atoms with van der Waals surface area (Å²) in [6, 6.07) is 5.19. The highest BCUT2D eigenvalue weighted by molar-refractivity contribution is 6.36. The predicted molar refractivity (Wildman–Crippen MR) is 132 cm³/mol. The van der Waals surface area contributed by atoms with Gasteiger partial charge in [-0.2, -0.15) is 0 Å². The molecule has 35 heavy (non-hydrogen) atoms. The van der Waals surface area contributed by atoms with Gasteiger partial charge in [0.2, 0.25) is 5.91 Å². The average Bonchev–Trinajstić information content (AvgIpc) is 3.16. The summed E-state index contributed by atoms with van der Waals surface area (Å²) in [4.78, 5) is 37.3. The number of carbonyl (C=O) groups excluding carboxylic acids is 1. The lowest BCUT2D eigenvalue weighted by Gasteiger charge is -2.45. The predicted octanol–water partition coefficient (Wildman–Crippen LogP) is 4.30. The maximum atomic E-state index is 15.9. The fourth-order valence-corrected chi connectivity index (χ4v) is 5.54. The molecule has 0 saturated carbocycles. The van der Waals surface area contributed by atoms with E-state index in [0.29, 0.717) is 46.7 Å². The minimum atomic E-state index is -0.845. The van der Waals surface area contributed by atoms with E-state index in [9.17, 15) is 4.79 Å². The maximum Gasteiger partial charge on any atom is 0.380 e. The zero-order valence-electron chi connectivity index (χ0n) is 18.4. The van der Waals surface area contributed by atoms with Crippen molar-refractivity contribution in [2.24, 2.45) is 0 Å². The molecule has 1 amide bonds. The zero-order valence-corrected chi connectivity index (χ0v) is 19.2. The van der Waals surface area contributed by atoms with Crippen LogP contribution in [0.1, 0.15) is 6.42 Å². The van der Waals surface area contributed by atoms with E-state index in [4.69, 9.17) is 18.2 Å². The first kappa shape index (κ1) is 21.4. The minimum absolute atomic E-state index is 0.0942. The molecule has 2 aliphatic heterocycles. The lowest BCUT2D eigenvalue weighted by molar-refractivity contribution is -0.127. The lowest BCUT2D eigenvalue weighted by Crippen LogP contribution is -2.70. The normalized spacial score (nSPS) is 21.0. The summed E-state index contributed by atoms with van der Waals surface area (Å²) >= 11 is 6.44. The van der Waals surface area contributed by atoms with Crippen LogP contribution in [0.5, 0.6) is 0 Å². The molecular formula is C25H18ClFN7O+. The number of likely N-dealkylation sites (tertiary alicyclic amines) is 1. The van der Waals surface area contributed by atoms with E-state index in [1.807, 2.05) is 17.0 Å². The molecule has 0 N–H and O–H groups in total. The van der Waals surface area contributed by atoms with Gasteiger partial charge in [0.25, 0.3) is 6.57 Å². The van der Waals surface area contributed by atoms with E-state index in [0.717, 1.165) is 5.39 Å². The molecule has 10 heteroatoms. The van der Waals surface area contributed by atoms with Gasteiger partial charge in [-0.25, -0.2) is 14.4 Å². The molecule has 2 aliphatic rings. The number of halogens is 2. The van der Waals surface area contributed by atoms with E-state index in [1.165, 1.54) is 18.6 Å². The van der Waals surface area contributed by atoms with E-state index >= 15 is 4.39 Å². The van der Waals surface area contributed by atoms with Gasteiger partial charge in [-0.1, -0.05) is 35.2 Å². The Kier molecular flexibility index (Phi) is 4.69. The van der Waals surface area contributed by atoms with Gasteiger partial charge in [-0.3, -0.25) is 19.7 Å². The van der Waals surface area contributed by atoms with Gasteiger partial charge < -0.3 is 4.90 Å². The van der Waals surface area contributed by atoms with Crippen LogP contribution >= 0.6 is 11.6 Å². The van der Waals surface area contributed by atoms with Crippen LogP contribution in [-0.4, -0.2) is 55.5 Å². The lowest BCUT2D eigenvalue weighted by atomic mass is 9.88. The fourth-order valence-electron chi connectivity index (χ4n) is 5.26. The molecule has 6 rings (SSSR count). The SMILES string of the molecule is C#[N+][C@@]12CCN(C(=O)C=C)[C@@H]1CN2c1ncnc2c(F)c(-c3cncc4cccc(Cl)c34)ncc12. The molecule has 172 valence electrons. The van der Waals surface area contributed by atoms with Gasteiger partial charge in [-0.05, 0) is 12.1 Å². The zero-order chi connectivity index (χ0) is 24.3. The number of fused-ring (bicyclic) bond motifs is 3. The molecule has 0 unspecified atom stereocenters. The molecule has 3 aromatic heterocycles. The Bertz CT molecular complexity index is 1600. The molecule has 2 atom stereocenters. The highest BCUT2D eigenvalue weighted by Crippen LogP contribution is 2.48. The van der Waals surface area contributed by atoms with Crippen molar-refractivity contribution in [3.63, 3.8) is 0 Å². The second-order valence-electron chi connectivity index (χ2n) is 8.53. The van der Waals surface area contributed by atoms with Crippen LogP contribution < -0.4 is 4.90 Å². The first-order valence-corrected chi connectivity index (χ1v) is 11.3. The highest BCUT2D eigenvalue weighted by Gasteiger charge is 2.70. The second kappa shape index (κ2) is 7.68. The smallest absolute Gasteiger partial charge is 0.324 e. The first-order chi connectivity index (χ1) is 17.0. The number of carbonyl (C=O) groups is 1. The quantitative estimate of drug-likeness (QED) is 0.402. The summed E-state index contributed by atoms with van der Waals surface area (Å²) in [5.74, 6) is -0.320. The largest absolute Gasteiger partial charge is 0.380 e. The van der Waals surface area contributed by atoms with Gasteiger partial charge in [0.1, 0.15) is 23.4 Å². The van der Waals surface area contributed by atoms with Crippen LogP contribution in [0.3, 0.4) is 0 Å². The van der Waals surface area contributed by atoms with Crippen LogP contribution in [0.4, 0.5) is 10.2 Å². The van der Waals surface area contributed by atoms with Crippen LogP contribution in [0.25, 0.3) is 37.8 Å². The molecule has 2 saturated heterocycles. The number of aromatic nitrogens is 4. The monoisotopic (exact) mass is 486 g/mol. The Hall–Kier alpha value is -4.16. The van der Waals surface area contributed by atoms with Crippen LogP contribution in [-0.2, 0) is 4.79 Å². The molecule has 8 nitrogen and oxygen atoms in total. The summed E-state index contributed by atoms with van der Waals surface area (Å²) in [7, 11) is 0. The number of amides is 1. The maximum absolute atomic E-state index is 15.9. The number of hydrogen-bond acceptors (Lipinski definition) is 6. The summed E-state index contributed by atoms with van der Waals surface area (Å²) in [6.07, 6.45) is 7.86. The van der Waals surface area contributed by atoms with Crippen molar-refractivity contribution in [3.8, 4) is 17.8 Å². The fraction of sp³-hybridized carbons (Fsp3) is 0.200. The van der Waals surface area contributed by atoms with E-state index in [2.05, 4.69) is 31.4 Å². The summed E-state index contributed by atoms with van der Waals surface area (Å²) in [5, 5.41) is 2.33. The van der Waals surface area contributed by atoms with Crippen molar-refractivity contribution in [2.75, 3.05) is 18.0 Å². The Morgan fingerprint density at radius 3 is 2.94 bits per heavy atom. The number of rotatable bonds is 3. The summed E-state index contributed by atoms with van der Waals surface area (Å²) < 4.78 is 15.9. The van der Waals surface area contributed by atoms with Gasteiger partial charge in [-0.15, -0.1) is 0 Å². The third-order valence-corrected chi connectivity index (χ3v) is 7.29. The molecule has 4 aromatic rings. The van der Waals surface area contributed by atoms with Crippen LogP contribution in [0, 0.1) is 12.4 Å². The van der Waals surface area contributed by atoms with Crippen LogP contribution in [0.2, 0.25) is 5.02 Å². The number of hydrogen-bond donors (Lipinski definition) is 0. The number of anilines is 1. The van der Waals surface area contributed by atoms with Gasteiger partial charge in [0.05, 0.1) is 18.4 Å². The van der Waals surface area contributed by atoms with Crippen molar-refractivity contribution in [3.05, 3.63) is 71.5 Å². The number of pyridine rings is 2. The Balaban J connectivity index is 1.47. The second-order valence-corrected chi connectivity index (χ2v) is 8.93. The van der Waals surface area contributed by atoms with Crippen LogP contribution in [0.15, 0.2) is 55.8 Å². The highest BCUT2D eigenvalue weighted by atomic mass is 35.5. The average molecular weight is 487 g/mol. The van der Waals surface area contributed by atoms with Crippen molar-refractivity contribution in [2.45, 2.75) is 18.1 Å². The molecular weight excluding hydrogens is 469 g/mol. The first-order valence-electron chi connectivity index (χ1n) is 10.9. The van der Waals surface area contributed by atoms with Crippen molar-refractivity contribution in [1.82, 2.24) is 24.8 Å². The Morgan fingerprint density at radius 2 is 2.14 bits per heavy atom. The van der Waals surface area contributed by atoms with Crippen molar-refractivity contribution in [1.29, 1.82) is 0 Å². The third kappa shape index (κ3) is 2.87.